The number of hydrogen-bond donors (Lipinski definition) is 2. The highest BCUT2D eigenvalue weighted by Gasteiger charge is 2.14. The van der Waals surface area contributed by atoms with Gasteiger partial charge in [-0.3, -0.25) is 4.79 Å². The smallest absolute Gasteiger partial charge is 0.255 e. The number of nitrogens with zero attached hydrogens (tertiary/aromatic N) is 1. The van der Waals surface area contributed by atoms with Crippen LogP contribution >= 0.6 is 0 Å². The van der Waals surface area contributed by atoms with Gasteiger partial charge in [0.15, 0.2) is 0 Å². The first-order valence-corrected chi connectivity index (χ1v) is 8.23. The van der Waals surface area contributed by atoms with Crippen LogP contribution in [0.3, 0.4) is 0 Å². The summed E-state index contributed by atoms with van der Waals surface area (Å²) >= 11 is 0. The fourth-order valence-corrected chi connectivity index (χ4v) is 2.44. The van der Waals surface area contributed by atoms with E-state index < -0.39 is 15.9 Å². The van der Waals surface area contributed by atoms with E-state index in [1.807, 2.05) is 20.8 Å². The van der Waals surface area contributed by atoms with Crippen molar-refractivity contribution < 1.29 is 13.2 Å². The molecule has 0 saturated heterocycles. The maximum Gasteiger partial charge on any atom is 0.255 e. The van der Waals surface area contributed by atoms with E-state index in [2.05, 4.69) is 15.2 Å². The zero-order valence-corrected chi connectivity index (χ0v) is 13.3. The Labute approximate surface area is 125 Å². The van der Waals surface area contributed by atoms with E-state index in [-0.39, 0.29) is 17.4 Å². The van der Waals surface area contributed by atoms with E-state index in [1.165, 1.54) is 12.1 Å². The first-order chi connectivity index (χ1) is 9.86. The second kappa shape index (κ2) is 7.90. The highest BCUT2D eigenvalue weighted by atomic mass is 32.2. The second-order valence-corrected chi connectivity index (χ2v) is 6.50. The molecule has 21 heavy (non-hydrogen) atoms. The summed E-state index contributed by atoms with van der Waals surface area (Å²) in [6, 6.07) is 7.89. The Morgan fingerprint density at radius 3 is 2.48 bits per heavy atom. The van der Waals surface area contributed by atoms with Gasteiger partial charge < -0.3 is 0 Å². The van der Waals surface area contributed by atoms with E-state index in [0.29, 0.717) is 0 Å². The Kier molecular flexibility index (Phi) is 6.51. The number of benzene rings is 1. The number of hydrogen-bond acceptors (Lipinski definition) is 4. The number of rotatable bonds is 7. The van der Waals surface area contributed by atoms with Crippen molar-refractivity contribution in [3.05, 3.63) is 30.3 Å². The molecule has 0 radical (unpaired) electrons. The lowest BCUT2D eigenvalue weighted by molar-refractivity contribution is -0.119. The minimum atomic E-state index is -3.67. The molecule has 116 valence electrons. The largest absolute Gasteiger partial charge is 0.272 e. The number of amides is 1. The van der Waals surface area contributed by atoms with Gasteiger partial charge in [-0.05, 0) is 31.4 Å². The minimum Gasteiger partial charge on any atom is -0.272 e. The fourth-order valence-electron chi connectivity index (χ4n) is 1.44. The third-order valence-electron chi connectivity index (χ3n) is 3.16. The summed E-state index contributed by atoms with van der Waals surface area (Å²) < 4.78 is 26.0. The third-order valence-corrected chi connectivity index (χ3v) is 4.58. The Balaban J connectivity index is 2.54. The molecule has 0 aliphatic carbocycles. The third kappa shape index (κ3) is 5.65. The number of sulfonamides is 1. The summed E-state index contributed by atoms with van der Waals surface area (Å²) in [6.45, 7) is 5.50. The summed E-state index contributed by atoms with van der Waals surface area (Å²) in [6.07, 6.45) is 0.922. The minimum absolute atomic E-state index is 0.122. The Morgan fingerprint density at radius 2 is 1.90 bits per heavy atom. The van der Waals surface area contributed by atoms with Gasteiger partial charge in [0.25, 0.3) is 5.91 Å². The normalized spacial score (nSPS) is 13.8. The standard InChI is InChI=1S/C14H21N3O3S/c1-4-11(2)12(3)16-17-14(18)10-15-21(19,20)13-8-6-5-7-9-13/h5-9,11,15H,4,10H2,1-3H3,(H,17,18)/b16-12-/t11-/m1/s1. The fraction of sp³-hybridized carbons (Fsp3) is 0.429. The predicted molar refractivity (Wildman–Crippen MR) is 82.3 cm³/mol. The van der Waals surface area contributed by atoms with Crippen LogP contribution in [0, 0.1) is 5.92 Å². The molecule has 0 heterocycles. The summed E-state index contributed by atoms with van der Waals surface area (Å²) in [5.41, 5.74) is 3.15. The van der Waals surface area contributed by atoms with Gasteiger partial charge in [0.05, 0.1) is 11.4 Å². The molecule has 0 aliphatic rings. The molecule has 0 fully saturated rings. The maximum atomic E-state index is 11.9. The maximum absolute atomic E-state index is 11.9. The molecular formula is C14H21N3O3S. The van der Waals surface area contributed by atoms with Crippen LogP contribution in [0.5, 0.6) is 0 Å². The SMILES string of the molecule is CC[C@@H](C)/C(C)=N\NC(=O)CNS(=O)(=O)c1ccccc1. The monoisotopic (exact) mass is 311 g/mol. The molecule has 1 atom stereocenters. The molecule has 1 rings (SSSR count). The van der Waals surface area contributed by atoms with Crippen LogP contribution < -0.4 is 10.1 Å². The van der Waals surface area contributed by atoms with E-state index in [4.69, 9.17) is 0 Å². The average molecular weight is 311 g/mol. The molecule has 0 bridgehead atoms. The molecule has 7 heteroatoms. The molecule has 0 unspecified atom stereocenters. The second-order valence-electron chi connectivity index (χ2n) is 4.74. The van der Waals surface area contributed by atoms with Gasteiger partial charge in [-0.25, -0.2) is 18.6 Å². The molecular weight excluding hydrogens is 290 g/mol. The van der Waals surface area contributed by atoms with E-state index >= 15 is 0 Å². The molecule has 6 nitrogen and oxygen atoms in total. The quantitative estimate of drug-likeness (QED) is 0.591. The zero-order chi connectivity index (χ0) is 15.9. The van der Waals surface area contributed by atoms with Crippen molar-refractivity contribution >= 4 is 21.6 Å². The topological polar surface area (TPSA) is 87.6 Å². The first-order valence-electron chi connectivity index (χ1n) is 6.74. The molecule has 0 aromatic heterocycles. The van der Waals surface area contributed by atoms with Crippen LogP contribution in [0.25, 0.3) is 0 Å². The van der Waals surface area contributed by atoms with E-state index in [9.17, 15) is 13.2 Å². The van der Waals surface area contributed by atoms with Crippen molar-refractivity contribution in [1.29, 1.82) is 0 Å². The van der Waals surface area contributed by atoms with Gasteiger partial charge >= 0.3 is 0 Å². The van der Waals surface area contributed by atoms with Crippen molar-refractivity contribution in [3.63, 3.8) is 0 Å². The van der Waals surface area contributed by atoms with Gasteiger partial charge in [0, 0.05) is 5.71 Å². The Hall–Kier alpha value is -1.73. The number of carbonyl (C=O) groups excluding carboxylic acids is 1. The van der Waals surface area contributed by atoms with E-state index in [0.717, 1.165) is 12.1 Å². The molecule has 0 saturated carbocycles. The van der Waals surface area contributed by atoms with Crippen molar-refractivity contribution in [3.8, 4) is 0 Å². The number of hydrazone groups is 1. The first kappa shape index (κ1) is 17.3. The zero-order valence-electron chi connectivity index (χ0n) is 12.5. The molecule has 0 spiro atoms. The van der Waals surface area contributed by atoms with Crippen LogP contribution in [-0.2, 0) is 14.8 Å². The van der Waals surface area contributed by atoms with Crippen molar-refractivity contribution in [1.82, 2.24) is 10.1 Å². The number of nitrogens with one attached hydrogen (secondary N) is 2. The summed E-state index contributed by atoms with van der Waals surface area (Å²) in [5, 5.41) is 3.95. The van der Waals surface area contributed by atoms with Gasteiger partial charge in [-0.15, -0.1) is 0 Å². The van der Waals surface area contributed by atoms with Crippen LogP contribution in [0.2, 0.25) is 0 Å². The van der Waals surface area contributed by atoms with Gasteiger partial charge in [-0.1, -0.05) is 32.0 Å². The van der Waals surface area contributed by atoms with E-state index in [1.54, 1.807) is 18.2 Å². The summed E-state index contributed by atoms with van der Waals surface area (Å²) in [5.74, 6) is -0.233. The summed E-state index contributed by atoms with van der Waals surface area (Å²) in [7, 11) is -3.67. The van der Waals surface area contributed by atoms with Crippen LogP contribution in [0.4, 0.5) is 0 Å². The number of carbonyl (C=O) groups is 1. The van der Waals surface area contributed by atoms with Gasteiger partial charge in [0.1, 0.15) is 0 Å². The lowest BCUT2D eigenvalue weighted by atomic mass is 10.1. The summed E-state index contributed by atoms with van der Waals surface area (Å²) in [4.78, 5) is 11.7. The molecule has 1 aromatic rings. The highest BCUT2D eigenvalue weighted by molar-refractivity contribution is 7.89. The predicted octanol–water partition coefficient (Wildman–Crippen LogP) is 1.50. The molecule has 2 N–H and O–H groups in total. The molecule has 1 amide bonds. The van der Waals surface area contributed by atoms with Crippen molar-refractivity contribution in [2.45, 2.75) is 32.1 Å². The highest BCUT2D eigenvalue weighted by Crippen LogP contribution is 2.06. The lowest BCUT2D eigenvalue weighted by Crippen LogP contribution is -2.35. The van der Waals surface area contributed by atoms with Gasteiger partial charge in [0.2, 0.25) is 10.0 Å². The molecule has 0 aliphatic heterocycles. The Morgan fingerprint density at radius 1 is 1.29 bits per heavy atom. The van der Waals surface area contributed by atoms with Crippen LogP contribution in [0.1, 0.15) is 27.2 Å². The van der Waals surface area contributed by atoms with Crippen molar-refractivity contribution in [2.24, 2.45) is 11.0 Å². The van der Waals surface area contributed by atoms with Crippen LogP contribution in [-0.4, -0.2) is 26.6 Å². The average Bonchev–Trinajstić information content (AvgIpc) is 2.50. The molecule has 1 aromatic carbocycles. The van der Waals surface area contributed by atoms with Crippen molar-refractivity contribution in [2.75, 3.05) is 6.54 Å². The van der Waals surface area contributed by atoms with Gasteiger partial charge in [-0.2, -0.15) is 5.10 Å². The van der Waals surface area contributed by atoms with Crippen LogP contribution in [0.15, 0.2) is 40.3 Å². The lowest BCUT2D eigenvalue weighted by Gasteiger charge is -2.08. The Bertz CT molecular complexity index is 597.